The lowest BCUT2D eigenvalue weighted by atomic mass is 10.1. The summed E-state index contributed by atoms with van der Waals surface area (Å²) in [6, 6.07) is 4.70. The molecule has 94 valence electrons. The molecule has 0 aliphatic carbocycles. The third kappa shape index (κ3) is 2.54. The Kier molecular flexibility index (Phi) is 3.38. The van der Waals surface area contributed by atoms with Crippen LogP contribution in [0.2, 0.25) is 5.02 Å². The molecular formula is C11H11ClN4O2. The van der Waals surface area contributed by atoms with Crippen molar-refractivity contribution in [2.75, 3.05) is 11.1 Å². The number of nitrogens with two attached hydrogens (primary N) is 2. The molecule has 18 heavy (non-hydrogen) atoms. The summed E-state index contributed by atoms with van der Waals surface area (Å²) in [5.74, 6) is 0.00239. The summed E-state index contributed by atoms with van der Waals surface area (Å²) in [5.41, 5.74) is 11.9. The lowest BCUT2D eigenvalue weighted by molar-refractivity contribution is 0.100. The number of aromatic nitrogens is 1. The number of carbonyl (C=O) groups is 1. The van der Waals surface area contributed by atoms with E-state index < -0.39 is 5.91 Å². The van der Waals surface area contributed by atoms with Crippen LogP contribution in [0.4, 0.5) is 11.4 Å². The van der Waals surface area contributed by atoms with E-state index in [4.69, 9.17) is 27.6 Å². The number of hydrogen-bond acceptors (Lipinski definition) is 5. The van der Waals surface area contributed by atoms with Crippen LogP contribution < -0.4 is 16.8 Å². The van der Waals surface area contributed by atoms with Crippen LogP contribution in [0.3, 0.4) is 0 Å². The van der Waals surface area contributed by atoms with Gasteiger partial charge in [0.1, 0.15) is 0 Å². The summed E-state index contributed by atoms with van der Waals surface area (Å²) in [6.45, 7) is 0.337. The molecule has 7 heteroatoms. The first kappa shape index (κ1) is 12.3. The number of carbonyl (C=O) groups excluding carboxylic acids is 1. The van der Waals surface area contributed by atoms with E-state index in [1.165, 1.54) is 18.3 Å². The average Bonchev–Trinajstić information content (AvgIpc) is 2.79. The molecule has 0 saturated carbocycles. The van der Waals surface area contributed by atoms with Gasteiger partial charge in [0.15, 0.2) is 5.76 Å². The fraction of sp³-hybridized carbons (Fsp3) is 0.0909. The molecule has 6 nitrogen and oxygen atoms in total. The summed E-state index contributed by atoms with van der Waals surface area (Å²) < 4.78 is 4.92. The van der Waals surface area contributed by atoms with Gasteiger partial charge in [0, 0.05) is 11.8 Å². The van der Waals surface area contributed by atoms with Gasteiger partial charge in [-0.2, -0.15) is 0 Å². The molecule has 1 heterocycles. The van der Waals surface area contributed by atoms with E-state index in [-0.39, 0.29) is 5.56 Å². The maximum absolute atomic E-state index is 11.3. The molecule has 1 amide bonds. The topological polar surface area (TPSA) is 107 Å². The number of hydrogen-bond donors (Lipinski definition) is 3. The molecule has 0 fully saturated rings. The Hall–Kier alpha value is -2.21. The first-order valence-corrected chi connectivity index (χ1v) is 5.48. The average molecular weight is 267 g/mol. The third-order valence-electron chi connectivity index (χ3n) is 2.31. The van der Waals surface area contributed by atoms with Crippen molar-refractivity contribution in [1.29, 1.82) is 0 Å². The SMILES string of the molecule is NC(=O)c1cc(N)cc(Cl)c1NCc1ccno1. The van der Waals surface area contributed by atoms with E-state index in [0.29, 0.717) is 28.7 Å². The number of nitrogen functional groups attached to an aromatic ring is 1. The van der Waals surface area contributed by atoms with Gasteiger partial charge >= 0.3 is 0 Å². The lowest BCUT2D eigenvalue weighted by Gasteiger charge is -2.11. The quantitative estimate of drug-likeness (QED) is 0.729. The van der Waals surface area contributed by atoms with Crippen LogP contribution >= 0.6 is 11.6 Å². The minimum absolute atomic E-state index is 0.236. The van der Waals surface area contributed by atoms with Gasteiger partial charge in [-0.1, -0.05) is 16.8 Å². The summed E-state index contributed by atoms with van der Waals surface area (Å²) in [7, 11) is 0. The lowest BCUT2D eigenvalue weighted by Crippen LogP contribution is -2.15. The largest absolute Gasteiger partial charge is 0.399 e. The van der Waals surface area contributed by atoms with E-state index in [1.54, 1.807) is 6.07 Å². The smallest absolute Gasteiger partial charge is 0.250 e. The molecule has 0 bridgehead atoms. The number of nitrogens with zero attached hydrogens (tertiary/aromatic N) is 1. The Morgan fingerprint density at radius 2 is 2.28 bits per heavy atom. The molecule has 0 radical (unpaired) electrons. The van der Waals surface area contributed by atoms with Crippen LogP contribution in [0.25, 0.3) is 0 Å². The first-order chi connectivity index (χ1) is 8.58. The molecule has 5 N–H and O–H groups in total. The predicted molar refractivity (Wildman–Crippen MR) is 68.2 cm³/mol. The number of rotatable bonds is 4. The molecular weight excluding hydrogens is 256 g/mol. The second-order valence-electron chi connectivity index (χ2n) is 3.62. The van der Waals surface area contributed by atoms with Crippen molar-refractivity contribution < 1.29 is 9.32 Å². The molecule has 2 aromatic rings. The van der Waals surface area contributed by atoms with Crippen LogP contribution in [-0.4, -0.2) is 11.1 Å². The maximum atomic E-state index is 11.3. The Morgan fingerprint density at radius 1 is 1.50 bits per heavy atom. The number of anilines is 2. The van der Waals surface area contributed by atoms with Crippen LogP contribution in [0, 0.1) is 0 Å². The van der Waals surface area contributed by atoms with Crippen molar-refractivity contribution in [3.63, 3.8) is 0 Å². The number of benzene rings is 1. The molecule has 0 unspecified atom stereocenters. The number of nitrogens with one attached hydrogen (secondary N) is 1. The van der Waals surface area contributed by atoms with Crippen LogP contribution in [0.15, 0.2) is 28.9 Å². The summed E-state index contributed by atoms with van der Waals surface area (Å²) in [6.07, 6.45) is 1.52. The minimum Gasteiger partial charge on any atom is -0.399 e. The fourth-order valence-electron chi connectivity index (χ4n) is 1.51. The minimum atomic E-state index is -0.607. The van der Waals surface area contributed by atoms with Crippen molar-refractivity contribution in [3.05, 3.63) is 40.7 Å². The van der Waals surface area contributed by atoms with Gasteiger partial charge in [-0.25, -0.2) is 0 Å². The van der Waals surface area contributed by atoms with E-state index in [2.05, 4.69) is 10.5 Å². The van der Waals surface area contributed by atoms with Gasteiger partial charge in [0.25, 0.3) is 5.91 Å². The second-order valence-corrected chi connectivity index (χ2v) is 4.03. The molecule has 1 aromatic heterocycles. The summed E-state index contributed by atoms with van der Waals surface area (Å²) in [5, 5.41) is 6.86. The first-order valence-electron chi connectivity index (χ1n) is 5.10. The molecule has 0 saturated heterocycles. The Balaban J connectivity index is 2.28. The zero-order valence-corrected chi connectivity index (χ0v) is 10.1. The van der Waals surface area contributed by atoms with E-state index >= 15 is 0 Å². The zero-order chi connectivity index (χ0) is 13.1. The highest BCUT2D eigenvalue weighted by Gasteiger charge is 2.13. The highest BCUT2D eigenvalue weighted by Crippen LogP contribution is 2.29. The molecule has 1 aromatic carbocycles. The van der Waals surface area contributed by atoms with Crippen molar-refractivity contribution in [3.8, 4) is 0 Å². The Bertz CT molecular complexity index is 569. The van der Waals surface area contributed by atoms with Crippen molar-refractivity contribution in [1.82, 2.24) is 5.16 Å². The number of primary amides is 1. The zero-order valence-electron chi connectivity index (χ0n) is 9.31. The molecule has 0 aliphatic heterocycles. The van der Waals surface area contributed by atoms with Gasteiger partial charge in [-0.05, 0) is 12.1 Å². The summed E-state index contributed by atoms with van der Waals surface area (Å²) >= 11 is 6.02. The monoisotopic (exact) mass is 266 g/mol. The van der Waals surface area contributed by atoms with Crippen molar-refractivity contribution in [2.24, 2.45) is 5.73 Å². The molecule has 2 rings (SSSR count). The van der Waals surface area contributed by atoms with E-state index in [1.807, 2.05) is 0 Å². The number of amides is 1. The molecule has 0 atom stereocenters. The van der Waals surface area contributed by atoms with Gasteiger partial charge in [-0.3, -0.25) is 4.79 Å². The maximum Gasteiger partial charge on any atom is 0.250 e. The molecule has 0 spiro atoms. The van der Waals surface area contributed by atoms with E-state index in [9.17, 15) is 4.79 Å². The van der Waals surface area contributed by atoms with Crippen molar-refractivity contribution in [2.45, 2.75) is 6.54 Å². The Labute approximate surface area is 108 Å². The highest BCUT2D eigenvalue weighted by molar-refractivity contribution is 6.34. The van der Waals surface area contributed by atoms with Gasteiger partial charge < -0.3 is 21.3 Å². The summed E-state index contributed by atoms with van der Waals surface area (Å²) in [4.78, 5) is 11.3. The number of halogens is 1. The fourth-order valence-corrected chi connectivity index (χ4v) is 1.81. The highest BCUT2D eigenvalue weighted by atomic mass is 35.5. The third-order valence-corrected chi connectivity index (χ3v) is 2.61. The molecule has 0 aliphatic rings. The van der Waals surface area contributed by atoms with Crippen molar-refractivity contribution >= 4 is 28.9 Å². The Morgan fingerprint density at radius 3 is 2.89 bits per heavy atom. The van der Waals surface area contributed by atoms with Gasteiger partial charge in [-0.15, -0.1) is 0 Å². The van der Waals surface area contributed by atoms with E-state index in [0.717, 1.165) is 0 Å². The van der Waals surface area contributed by atoms with Crippen LogP contribution in [0.1, 0.15) is 16.1 Å². The van der Waals surface area contributed by atoms with Crippen LogP contribution in [0.5, 0.6) is 0 Å². The van der Waals surface area contributed by atoms with Gasteiger partial charge in [0.2, 0.25) is 0 Å². The normalized spacial score (nSPS) is 10.3. The van der Waals surface area contributed by atoms with Gasteiger partial charge in [0.05, 0.1) is 29.0 Å². The van der Waals surface area contributed by atoms with Crippen LogP contribution in [-0.2, 0) is 6.54 Å². The standard InChI is InChI=1S/C11H11ClN4O2/c12-9-4-6(13)3-8(11(14)17)10(9)15-5-7-1-2-16-18-7/h1-4,15H,5,13H2,(H2,14,17). The predicted octanol–water partition coefficient (Wildman–Crippen LogP) is 1.62. The second kappa shape index (κ2) is 4.97.